The lowest BCUT2D eigenvalue weighted by Gasteiger charge is -2.31. The lowest BCUT2D eigenvalue weighted by atomic mass is 10.0. The number of quaternary nitrogens is 1. The molecule has 0 radical (unpaired) electrons. The zero-order chi connectivity index (χ0) is 55.9. The Kier molecular flexibility index (Phi) is 1.89. The largest absolute Gasteiger partial charge is 0.756 e. The first-order valence-corrected chi connectivity index (χ1v) is 7.04. The Morgan fingerprint density at radius 1 is 1.08 bits per heavy atom. The fourth-order valence-corrected chi connectivity index (χ4v) is 1.05. The lowest BCUT2D eigenvalue weighted by molar-refractivity contribution is -0.873. The van der Waals surface area contributed by atoms with Crippen LogP contribution >= 0.6 is 7.82 Å². The van der Waals surface area contributed by atoms with Gasteiger partial charge in [0, 0.05) is 39.8 Å². The first-order valence-electron chi connectivity index (χ1n) is 26.5. The van der Waals surface area contributed by atoms with E-state index in [0.29, 0.717) is 0 Å². The Morgan fingerprint density at radius 3 is 2.08 bits per heavy atom. The molecule has 152 valence electrons. The van der Waals surface area contributed by atoms with Gasteiger partial charge in [-0.2, -0.15) is 0 Å². The zero-order valence-corrected chi connectivity index (χ0v) is 12.9. The van der Waals surface area contributed by atoms with Crippen LogP contribution < -0.4 is 4.89 Å². The van der Waals surface area contributed by atoms with Crippen molar-refractivity contribution in [3.63, 3.8) is 0 Å². The highest BCUT2D eigenvalue weighted by molar-refractivity contribution is 7.44. The van der Waals surface area contributed by atoms with E-state index in [-0.39, 0.29) is 0 Å². The molecule has 25 heavy (non-hydrogen) atoms. The Bertz CT molecular complexity index is 1810. The molecule has 2 atom stereocenters. The van der Waals surface area contributed by atoms with Gasteiger partial charge in [-0.25, -0.2) is 0 Å². The van der Waals surface area contributed by atoms with E-state index in [1.54, 1.807) is 0 Å². The molecule has 0 aliphatic rings. The molecule has 0 saturated heterocycles. The number of phosphoric acid groups is 1. The second kappa shape index (κ2) is 14.2. The van der Waals surface area contributed by atoms with Crippen molar-refractivity contribution in [1.82, 2.24) is 0 Å². The van der Waals surface area contributed by atoms with Crippen LogP contribution in [0.25, 0.3) is 0 Å². The van der Waals surface area contributed by atoms with Gasteiger partial charge in [-0.15, -0.1) is 0 Å². The number of likely N-dealkylation sites (N-methyl/N-ethyl adjacent to an activating group) is 1. The summed E-state index contributed by atoms with van der Waals surface area (Å²) in [5, 5.41) is 0. The van der Waals surface area contributed by atoms with E-state index in [0.717, 1.165) is 0 Å². The highest BCUT2D eigenvalue weighted by Crippen LogP contribution is 2.34. The third-order valence-electron chi connectivity index (χ3n) is 1.34. The van der Waals surface area contributed by atoms with Gasteiger partial charge in [-0.05, 0) is 6.37 Å². The Hall–Kier alpha value is 0.0700. The van der Waals surface area contributed by atoms with E-state index in [4.69, 9.17) is 57.6 Å². The summed E-state index contributed by atoms with van der Waals surface area (Å²) in [5.41, 5.74) is 0. The molecule has 0 fully saturated rings. The van der Waals surface area contributed by atoms with Crippen LogP contribution in [0.2, 0.25) is 0 Å². The molecule has 5 nitrogen and oxygen atoms in total. The van der Waals surface area contributed by atoms with Gasteiger partial charge in [-0.1, -0.05) is 83.3 Å². The van der Waals surface area contributed by atoms with E-state index in [2.05, 4.69) is 9.42 Å². The average Bonchev–Trinajstić information content (AvgIpc) is 3.04. The smallest absolute Gasteiger partial charge is 0.265 e. The summed E-state index contributed by atoms with van der Waals surface area (Å²) >= 11 is 0. The standard InChI is InChI=1S/C19H42NO4P/c1-5-6-7-8-9-10-11-12-13-14-15-16-17-19(18-20(2,3)4)24-25(21,22)23/h19H,5-18H2,1-4H3,(H-,21,22,23)/i1D3,2D3,3D3,4D3,5D2,6D2,7D2,8D2,9D2,10D2,11D2,12D2,13D2,14D2,15D2,16D2,17D2,18D2,19D/hD. The first-order chi connectivity index (χ1) is 28.0. The van der Waals surface area contributed by atoms with Crippen molar-refractivity contribution in [2.45, 2.75) is 95.8 Å². The monoisotopic (exact) mass is 422 g/mol. The highest BCUT2D eigenvalue weighted by atomic mass is 31.2. The summed E-state index contributed by atoms with van der Waals surface area (Å²) in [6.07, 6.45) is -75.5. The molecule has 0 aromatic carbocycles. The molecule has 2 unspecified atom stereocenters. The summed E-state index contributed by atoms with van der Waals surface area (Å²) in [4.78, 5) is 15.6. The molecule has 0 rings (SSSR count). The fraction of sp³-hybridized carbons (Fsp3) is 1.00. The van der Waals surface area contributed by atoms with Crippen molar-refractivity contribution in [3.05, 3.63) is 0 Å². The predicted octanol–water partition coefficient (Wildman–Crippen LogP) is 4.63. The molecular formula is C19H42NO4P. The van der Waals surface area contributed by atoms with Crippen LogP contribution in [0.15, 0.2) is 0 Å². The lowest BCUT2D eigenvalue weighted by Crippen LogP contribution is -2.42. The SMILES string of the molecule is [2H]OP(=O)([O-])OC([2H])(C([2H])([2H])C([2H])([2H])C([2H])([2H])C([2H])([2H])C([2H])([2H])C([2H])([2H])C([2H])([2H])C([2H])([2H])C([2H])([2H])C([2H])([2H])C([2H])([2H])C([2H])([2H])C([2H])([2H])C([2H])([2H])[2H])C([2H])([2H])[N+](C([2H])([2H])[2H])(C([2H])([2H])[2H])C([2H])([2H])[2H]. The third-order valence-corrected chi connectivity index (χ3v) is 1.74. The zero-order valence-electron chi connectivity index (χ0n) is 54.0. The molecule has 0 saturated carbocycles. The van der Waals surface area contributed by atoms with Gasteiger partial charge < -0.3 is 18.8 Å². The summed E-state index contributed by atoms with van der Waals surface area (Å²) in [6.45, 7) is -25.2. The Morgan fingerprint density at radius 2 is 1.60 bits per heavy atom. The van der Waals surface area contributed by atoms with Gasteiger partial charge in [0.25, 0.3) is 7.82 Å². The molecule has 0 aliphatic carbocycles. The number of rotatable bonds is 18. The van der Waals surface area contributed by atoms with E-state index in [9.17, 15) is 9.46 Å². The van der Waals surface area contributed by atoms with Crippen LogP contribution in [-0.4, -0.2) is 44.3 Å². The molecule has 0 aromatic heterocycles. The van der Waals surface area contributed by atoms with Gasteiger partial charge in [0.2, 0.25) is 1.43 Å². The van der Waals surface area contributed by atoms with Gasteiger partial charge in [0.1, 0.15) is 12.6 Å². The predicted molar refractivity (Wildman–Crippen MR) is 103 cm³/mol. The van der Waals surface area contributed by atoms with Gasteiger partial charge >= 0.3 is 0 Å². The number of nitrogens with zero attached hydrogens (tertiary/aromatic N) is 1. The quantitative estimate of drug-likeness (QED) is 0.259. The number of hydrogen-bond acceptors (Lipinski definition) is 4. The van der Waals surface area contributed by atoms with Gasteiger partial charge in [0.15, 0.2) is 0 Å². The minimum Gasteiger partial charge on any atom is -0.756 e. The molecule has 0 heterocycles. The average molecular weight is 422 g/mol. The fourth-order valence-electron chi connectivity index (χ4n) is 0.736. The summed E-state index contributed by atoms with van der Waals surface area (Å²) < 4.78 is 349. The minimum atomic E-state index is -7.13. The van der Waals surface area contributed by atoms with Crippen LogP contribution in [0.3, 0.4) is 0 Å². The van der Waals surface area contributed by atoms with Crippen molar-refractivity contribution >= 4 is 7.82 Å². The van der Waals surface area contributed by atoms with E-state index in [1.165, 1.54) is 0 Å². The number of hydrogen-bond donors (Lipinski definition) is 1. The summed E-state index contributed by atoms with van der Waals surface area (Å²) in [5.74, 6) is 0. The van der Waals surface area contributed by atoms with E-state index < -0.39 is 136 Å². The maximum absolute atomic E-state index is 12.5. The maximum Gasteiger partial charge on any atom is 0.265 e. The molecule has 0 amide bonds. The molecular weight excluding hydrogens is 337 g/mol. The van der Waals surface area contributed by atoms with Crippen LogP contribution in [0.5, 0.6) is 0 Å². The molecule has 0 aliphatic heterocycles. The third kappa shape index (κ3) is 20.2. The second-order valence-corrected chi connectivity index (χ2v) is 4.35. The van der Waals surface area contributed by atoms with Crippen LogP contribution in [0.4, 0.5) is 0 Å². The maximum atomic E-state index is 12.5. The van der Waals surface area contributed by atoms with Crippen LogP contribution in [0, 0.1) is 0 Å². The minimum absolute atomic E-state index is 3.07. The highest BCUT2D eigenvalue weighted by Gasteiger charge is 2.22. The summed E-state index contributed by atoms with van der Waals surface area (Å²) in [7, 11) is -7.13. The second-order valence-electron chi connectivity index (χ2n) is 3.28. The van der Waals surface area contributed by atoms with Crippen molar-refractivity contribution in [3.8, 4) is 0 Å². The molecule has 0 aromatic rings. The Labute approximate surface area is 215 Å². The van der Waals surface area contributed by atoms with E-state index in [1.807, 2.05) is 0 Å². The normalized spacial score (nSPS) is 52.0. The molecule has 0 bridgehead atoms. The molecule has 1 N–H and O–H groups in total. The first kappa shape index (κ1) is 3.33. The topological polar surface area (TPSA) is 69.6 Å². The van der Waals surface area contributed by atoms with Crippen molar-refractivity contribution in [1.29, 1.82) is 1.43 Å². The van der Waals surface area contributed by atoms with Gasteiger partial charge in [0.05, 0.1) is 37.4 Å². The number of phosphoric ester groups is 1. The van der Waals surface area contributed by atoms with Crippen molar-refractivity contribution in [2.75, 3.05) is 27.4 Å². The Balaban J connectivity index is 8.68. The summed E-state index contributed by atoms with van der Waals surface area (Å²) in [6, 6.07) is 0. The molecule has 0 spiro atoms. The van der Waals surface area contributed by atoms with E-state index >= 15 is 0 Å². The van der Waals surface area contributed by atoms with Crippen molar-refractivity contribution < 1.29 is 79.6 Å². The molecule has 6 heteroatoms. The van der Waals surface area contributed by atoms with Crippen molar-refractivity contribution in [2.24, 2.45) is 0 Å². The van der Waals surface area contributed by atoms with Gasteiger partial charge in [-0.3, -0.25) is 4.57 Å². The van der Waals surface area contributed by atoms with Crippen LogP contribution in [0.1, 0.15) is 146 Å². The van der Waals surface area contributed by atoms with Crippen LogP contribution in [-0.2, 0) is 9.09 Å².